The molecule has 0 fully saturated rings. The van der Waals surface area contributed by atoms with Gasteiger partial charge in [0.05, 0.1) is 0 Å². The molecule has 0 spiro atoms. The number of hydrogen-bond donors (Lipinski definition) is 1. The topological polar surface area (TPSA) is 34.1 Å². The lowest BCUT2D eigenvalue weighted by Gasteiger charge is -2.05. The fraction of sp³-hybridized carbons (Fsp3) is 0.500. The molecule has 0 radical (unpaired) electrons. The standard InChI is InChI=1S/C10H16N2O/c1-9-8-10(4-6-11-9)12-5-3-7-13-2/h4,6,8H,3,5,7H2,1-2H3,(H,11,12). The summed E-state index contributed by atoms with van der Waals surface area (Å²) in [5.41, 5.74) is 2.17. The number of methoxy groups -OCH3 is 1. The molecule has 0 aromatic carbocycles. The van der Waals surface area contributed by atoms with Crippen molar-refractivity contribution >= 4 is 5.69 Å². The van der Waals surface area contributed by atoms with Crippen LogP contribution in [0.5, 0.6) is 0 Å². The molecule has 0 aliphatic rings. The number of aromatic nitrogens is 1. The average Bonchev–Trinajstić information content (AvgIpc) is 2.13. The van der Waals surface area contributed by atoms with Crippen molar-refractivity contribution in [2.75, 3.05) is 25.6 Å². The number of pyridine rings is 1. The molecule has 3 heteroatoms. The predicted molar refractivity (Wildman–Crippen MR) is 54.0 cm³/mol. The molecule has 0 aliphatic heterocycles. The summed E-state index contributed by atoms with van der Waals surface area (Å²) in [6.07, 6.45) is 2.84. The zero-order chi connectivity index (χ0) is 9.52. The van der Waals surface area contributed by atoms with Crippen LogP contribution in [0, 0.1) is 6.92 Å². The van der Waals surface area contributed by atoms with Crippen molar-refractivity contribution in [2.24, 2.45) is 0 Å². The van der Waals surface area contributed by atoms with Crippen molar-refractivity contribution in [3.8, 4) is 0 Å². The summed E-state index contributed by atoms with van der Waals surface area (Å²) in [6, 6.07) is 4.01. The fourth-order valence-electron chi connectivity index (χ4n) is 1.10. The fourth-order valence-corrected chi connectivity index (χ4v) is 1.10. The van der Waals surface area contributed by atoms with Gasteiger partial charge >= 0.3 is 0 Å². The van der Waals surface area contributed by atoms with Gasteiger partial charge in [-0.3, -0.25) is 4.98 Å². The molecule has 0 amide bonds. The predicted octanol–water partition coefficient (Wildman–Crippen LogP) is 1.84. The number of aryl methyl sites for hydroxylation is 1. The van der Waals surface area contributed by atoms with Gasteiger partial charge in [-0.1, -0.05) is 0 Å². The van der Waals surface area contributed by atoms with Gasteiger partial charge in [0.25, 0.3) is 0 Å². The van der Waals surface area contributed by atoms with Crippen molar-refractivity contribution in [1.82, 2.24) is 4.98 Å². The van der Waals surface area contributed by atoms with Gasteiger partial charge in [0.15, 0.2) is 0 Å². The van der Waals surface area contributed by atoms with E-state index >= 15 is 0 Å². The third kappa shape index (κ3) is 3.90. The maximum Gasteiger partial charge on any atom is 0.0479 e. The van der Waals surface area contributed by atoms with E-state index in [1.54, 1.807) is 7.11 Å². The molecular formula is C10H16N2O. The highest BCUT2D eigenvalue weighted by Gasteiger charge is 1.91. The molecule has 0 unspecified atom stereocenters. The first-order valence-electron chi connectivity index (χ1n) is 4.48. The van der Waals surface area contributed by atoms with Crippen molar-refractivity contribution in [2.45, 2.75) is 13.3 Å². The van der Waals surface area contributed by atoms with Crippen LogP contribution in [0.2, 0.25) is 0 Å². The highest BCUT2D eigenvalue weighted by molar-refractivity contribution is 5.42. The van der Waals surface area contributed by atoms with Gasteiger partial charge in [0.1, 0.15) is 0 Å². The lowest BCUT2D eigenvalue weighted by Crippen LogP contribution is -2.04. The van der Waals surface area contributed by atoms with Crippen LogP contribution >= 0.6 is 0 Å². The molecule has 1 aromatic heterocycles. The first kappa shape index (κ1) is 9.99. The Morgan fingerprint density at radius 2 is 2.38 bits per heavy atom. The molecule has 3 nitrogen and oxygen atoms in total. The van der Waals surface area contributed by atoms with Crippen LogP contribution in [0.4, 0.5) is 5.69 Å². The third-order valence-electron chi connectivity index (χ3n) is 1.75. The largest absolute Gasteiger partial charge is 0.385 e. The van der Waals surface area contributed by atoms with E-state index in [-0.39, 0.29) is 0 Å². The van der Waals surface area contributed by atoms with Gasteiger partial charge in [0.2, 0.25) is 0 Å². The molecule has 1 aromatic rings. The van der Waals surface area contributed by atoms with E-state index < -0.39 is 0 Å². The molecule has 1 N–H and O–H groups in total. The van der Waals surface area contributed by atoms with E-state index in [1.165, 1.54) is 0 Å². The van der Waals surface area contributed by atoms with Gasteiger partial charge in [-0.2, -0.15) is 0 Å². The summed E-state index contributed by atoms with van der Waals surface area (Å²) < 4.78 is 4.95. The quantitative estimate of drug-likeness (QED) is 0.702. The van der Waals surface area contributed by atoms with Crippen molar-refractivity contribution in [3.05, 3.63) is 24.0 Å². The summed E-state index contributed by atoms with van der Waals surface area (Å²) in [4.78, 5) is 4.12. The third-order valence-corrected chi connectivity index (χ3v) is 1.75. The second-order valence-corrected chi connectivity index (χ2v) is 2.96. The number of nitrogens with zero attached hydrogens (tertiary/aromatic N) is 1. The van der Waals surface area contributed by atoms with Gasteiger partial charge in [-0.05, 0) is 25.5 Å². The van der Waals surface area contributed by atoms with Crippen LogP contribution in [-0.2, 0) is 4.74 Å². The van der Waals surface area contributed by atoms with Crippen molar-refractivity contribution in [1.29, 1.82) is 0 Å². The number of hydrogen-bond acceptors (Lipinski definition) is 3. The zero-order valence-corrected chi connectivity index (χ0v) is 8.21. The number of nitrogens with one attached hydrogen (secondary N) is 1. The lowest BCUT2D eigenvalue weighted by molar-refractivity contribution is 0.198. The summed E-state index contributed by atoms with van der Waals surface area (Å²) >= 11 is 0. The minimum absolute atomic E-state index is 0.803. The molecule has 0 bridgehead atoms. The highest BCUT2D eigenvalue weighted by Crippen LogP contribution is 2.06. The van der Waals surface area contributed by atoms with Gasteiger partial charge in [-0.15, -0.1) is 0 Å². The first-order valence-corrected chi connectivity index (χ1v) is 4.48. The highest BCUT2D eigenvalue weighted by atomic mass is 16.5. The molecule has 72 valence electrons. The molecule has 0 saturated carbocycles. The first-order chi connectivity index (χ1) is 6.33. The molecule has 0 aliphatic carbocycles. The van der Waals surface area contributed by atoms with Gasteiger partial charge in [0, 0.05) is 37.8 Å². The maximum absolute atomic E-state index is 4.95. The van der Waals surface area contributed by atoms with Crippen LogP contribution in [0.3, 0.4) is 0 Å². The Kier molecular flexibility index (Phi) is 4.26. The monoisotopic (exact) mass is 180 g/mol. The molecule has 13 heavy (non-hydrogen) atoms. The normalized spacial score (nSPS) is 10.0. The van der Waals surface area contributed by atoms with Gasteiger partial charge in [-0.25, -0.2) is 0 Å². The number of rotatable bonds is 5. The minimum atomic E-state index is 0.803. The van der Waals surface area contributed by atoms with Crippen LogP contribution in [0.1, 0.15) is 12.1 Å². The molecule has 1 heterocycles. The lowest BCUT2D eigenvalue weighted by atomic mass is 10.3. The van der Waals surface area contributed by atoms with E-state index in [0.717, 1.165) is 31.0 Å². The van der Waals surface area contributed by atoms with Crippen LogP contribution in [0.15, 0.2) is 18.3 Å². The Morgan fingerprint density at radius 3 is 3.08 bits per heavy atom. The smallest absolute Gasteiger partial charge is 0.0479 e. The van der Waals surface area contributed by atoms with Crippen molar-refractivity contribution < 1.29 is 4.74 Å². The van der Waals surface area contributed by atoms with E-state index in [2.05, 4.69) is 10.3 Å². The van der Waals surface area contributed by atoms with Crippen LogP contribution in [0.25, 0.3) is 0 Å². The summed E-state index contributed by atoms with van der Waals surface area (Å²) in [5.74, 6) is 0. The Morgan fingerprint density at radius 1 is 1.54 bits per heavy atom. The second-order valence-electron chi connectivity index (χ2n) is 2.96. The molecule has 0 atom stereocenters. The summed E-state index contributed by atoms with van der Waals surface area (Å²) in [5, 5.41) is 3.30. The maximum atomic E-state index is 4.95. The SMILES string of the molecule is COCCCNc1ccnc(C)c1. The Bertz CT molecular complexity index is 250. The van der Waals surface area contributed by atoms with E-state index in [1.807, 2.05) is 25.3 Å². The van der Waals surface area contributed by atoms with Crippen molar-refractivity contribution in [3.63, 3.8) is 0 Å². The number of anilines is 1. The molecule has 0 saturated heterocycles. The zero-order valence-electron chi connectivity index (χ0n) is 8.21. The van der Waals surface area contributed by atoms with E-state index in [4.69, 9.17) is 4.74 Å². The Hall–Kier alpha value is -1.09. The van der Waals surface area contributed by atoms with Crippen LogP contribution < -0.4 is 5.32 Å². The molecular weight excluding hydrogens is 164 g/mol. The number of ether oxygens (including phenoxy) is 1. The summed E-state index contributed by atoms with van der Waals surface area (Å²) in [7, 11) is 1.72. The second kappa shape index (κ2) is 5.54. The molecule has 1 rings (SSSR count). The summed E-state index contributed by atoms with van der Waals surface area (Å²) in [6.45, 7) is 3.73. The van der Waals surface area contributed by atoms with E-state index in [0.29, 0.717) is 0 Å². The van der Waals surface area contributed by atoms with E-state index in [9.17, 15) is 0 Å². The minimum Gasteiger partial charge on any atom is -0.385 e. The average molecular weight is 180 g/mol. The van der Waals surface area contributed by atoms with Gasteiger partial charge < -0.3 is 10.1 Å². The Balaban J connectivity index is 2.28. The van der Waals surface area contributed by atoms with Crippen LogP contribution in [-0.4, -0.2) is 25.2 Å². The Labute approximate surface area is 79.1 Å².